The van der Waals surface area contributed by atoms with Crippen LogP contribution in [-0.2, 0) is 10.7 Å². The fourth-order valence-electron chi connectivity index (χ4n) is 3.01. The molecule has 2 N–H and O–H groups in total. The SMILES string of the molecule is CC(c1nnc2ccc3cc(C(F)(F)F)c(-n4ccnc4)cc3n12)P(=O)(O)O. The molecule has 1 unspecified atom stereocenters. The van der Waals surface area contributed by atoms with Crippen molar-refractivity contribution in [3.05, 3.63) is 54.4 Å². The summed E-state index contributed by atoms with van der Waals surface area (Å²) >= 11 is 0. The minimum Gasteiger partial charge on any atom is -0.324 e. The second kappa shape index (κ2) is 6.13. The molecule has 0 saturated carbocycles. The van der Waals surface area contributed by atoms with Gasteiger partial charge in [0.25, 0.3) is 0 Å². The molecule has 1 atom stereocenters. The summed E-state index contributed by atoms with van der Waals surface area (Å²) in [6.45, 7) is 1.29. The van der Waals surface area contributed by atoms with Crippen LogP contribution >= 0.6 is 7.60 Å². The molecule has 4 aromatic rings. The standard InChI is InChI=1S/C16H13F3N5O3P/c1-9(28(25,26)27)15-22-21-14-3-2-10-6-11(16(17,18)19)13(7-12(10)24(14)15)23-5-4-20-8-23/h2-9H,1H3,(H2,25,26,27). The third kappa shape index (κ3) is 2.97. The van der Waals surface area contributed by atoms with E-state index >= 15 is 0 Å². The largest absolute Gasteiger partial charge is 0.418 e. The van der Waals surface area contributed by atoms with Crippen molar-refractivity contribution in [2.75, 3.05) is 0 Å². The summed E-state index contributed by atoms with van der Waals surface area (Å²) in [6, 6.07) is 5.17. The number of halogens is 3. The fourth-order valence-corrected chi connectivity index (χ4v) is 3.48. The van der Waals surface area contributed by atoms with Crippen LogP contribution in [0.4, 0.5) is 13.2 Å². The highest BCUT2D eigenvalue weighted by atomic mass is 31.2. The quantitative estimate of drug-likeness (QED) is 0.501. The molecule has 0 aliphatic heterocycles. The molecule has 0 amide bonds. The lowest BCUT2D eigenvalue weighted by Gasteiger charge is -2.17. The van der Waals surface area contributed by atoms with Gasteiger partial charge in [0, 0.05) is 12.4 Å². The van der Waals surface area contributed by atoms with Crippen LogP contribution in [0.2, 0.25) is 0 Å². The Kier molecular flexibility index (Phi) is 4.07. The molecule has 3 aromatic heterocycles. The highest BCUT2D eigenvalue weighted by Crippen LogP contribution is 2.51. The van der Waals surface area contributed by atoms with Gasteiger partial charge in [-0.15, -0.1) is 10.2 Å². The Bertz CT molecular complexity index is 1230. The summed E-state index contributed by atoms with van der Waals surface area (Å²) < 4.78 is 55.1. The third-order valence-corrected chi connectivity index (χ3v) is 5.72. The average molecular weight is 411 g/mol. The summed E-state index contributed by atoms with van der Waals surface area (Å²) in [6.07, 6.45) is -0.646. The maximum Gasteiger partial charge on any atom is 0.418 e. The van der Waals surface area contributed by atoms with Crippen LogP contribution in [0.3, 0.4) is 0 Å². The first kappa shape index (κ1) is 18.6. The average Bonchev–Trinajstić information content (AvgIpc) is 3.28. The number of rotatable bonds is 3. The Morgan fingerprint density at radius 1 is 1.18 bits per heavy atom. The number of pyridine rings is 1. The van der Waals surface area contributed by atoms with Crippen molar-refractivity contribution in [3.63, 3.8) is 0 Å². The Balaban J connectivity index is 2.10. The predicted molar refractivity (Wildman–Crippen MR) is 93.1 cm³/mol. The molecule has 146 valence electrons. The predicted octanol–water partition coefficient (Wildman–Crippen LogP) is 3.33. The third-order valence-electron chi connectivity index (χ3n) is 4.48. The molecule has 28 heavy (non-hydrogen) atoms. The molecule has 4 rings (SSSR count). The van der Waals surface area contributed by atoms with E-state index in [9.17, 15) is 27.5 Å². The number of nitrogens with zero attached hydrogens (tertiary/aromatic N) is 5. The van der Waals surface area contributed by atoms with E-state index in [-0.39, 0.29) is 28.1 Å². The van der Waals surface area contributed by atoms with E-state index in [1.54, 1.807) is 0 Å². The van der Waals surface area contributed by atoms with Crippen LogP contribution in [0.5, 0.6) is 0 Å². The Hall–Kier alpha value is -2.75. The van der Waals surface area contributed by atoms with E-state index in [1.165, 1.54) is 52.8 Å². The van der Waals surface area contributed by atoms with Crippen molar-refractivity contribution in [3.8, 4) is 5.69 Å². The number of imidazole rings is 1. The molecule has 0 bridgehead atoms. The minimum atomic E-state index is -4.61. The zero-order valence-electron chi connectivity index (χ0n) is 14.2. The van der Waals surface area contributed by atoms with E-state index in [2.05, 4.69) is 15.2 Å². The highest BCUT2D eigenvalue weighted by molar-refractivity contribution is 7.52. The van der Waals surface area contributed by atoms with Gasteiger partial charge in [0.1, 0.15) is 5.66 Å². The summed E-state index contributed by atoms with van der Waals surface area (Å²) in [5.74, 6) is -0.0368. The molecule has 8 nitrogen and oxygen atoms in total. The van der Waals surface area contributed by atoms with Crippen LogP contribution in [-0.4, -0.2) is 33.9 Å². The lowest BCUT2D eigenvalue weighted by atomic mass is 10.1. The van der Waals surface area contributed by atoms with Crippen LogP contribution in [0.15, 0.2) is 43.0 Å². The minimum absolute atomic E-state index is 0.0368. The van der Waals surface area contributed by atoms with Gasteiger partial charge in [-0.05, 0) is 36.6 Å². The number of hydrogen-bond donors (Lipinski definition) is 2. The normalized spacial score (nSPS) is 14.1. The number of alkyl halides is 3. The van der Waals surface area contributed by atoms with Gasteiger partial charge in [-0.3, -0.25) is 8.97 Å². The molecule has 0 spiro atoms. The summed E-state index contributed by atoms with van der Waals surface area (Å²) in [4.78, 5) is 22.8. The van der Waals surface area contributed by atoms with Gasteiger partial charge < -0.3 is 14.4 Å². The smallest absolute Gasteiger partial charge is 0.324 e. The van der Waals surface area contributed by atoms with Crippen molar-refractivity contribution in [2.24, 2.45) is 0 Å². The second-order valence-corrected chi connectivity index (χ2v) is 8.20. The monoisotopic (exact) mass is 411 g/mol. The molecule has 0 radical (unpaired) electrons. The van der Waals surface area contributed by atoms with Crippen LogP contribution in [0, 0.1) is 0 Å². The first-order chi connectivity index (χ1) is 13.1. The first-order valence-corrected chi connectivity index (χ1v) is 9.68. The molecular weight excluding hydrogens is 398 g/mol. The molecule has 0 aliphatic carbocycles. The van der Waals surface area contributed by atoms with Crippen molar-refractivity contribution >= 4 is 24.1 Å². The van der Waals surface area contributed by atoms with Gasteiger partial charge in [0.15, 0.2) is 11.5 Å². The molecule has 12 heteroatoms. The van der Waals surface area contributed by atoms with Gasteiger partial charge in [-0.25, -0.2) is 4.98 Å². The van der Waals surface area contributed by atoms with Gasteiger partial charge in [-0.2, -0.15) is 13.2 Å². The van der Waals surface area contributed by atoms with Gasteiger partial charge in [0.05, 0.1) is 23.1 Å². The Morgan fingerprint density at radius 3 is 2.54 bits per heavy atom. The number of fused-ring (bicyclic) bond motifs is 3. The molecule has 3 heterocycles. The zero-order chi connectivity index (χ0) is 20.3. The maximum absolute atomic E-state index is 13.6. The number of aromatic nitrogens is 5. The van der Waals surface area contributed by atoms with Gasteiger partial charge >= 0.3 is 13.8 Å². The van der Waals surface area contributed by atoms with E-state index in [0.29, 0.717) is 0 Å². The summed E-state index contributed by atoms with van der Waals surface area (Å²) in [5.41, 5.74) is -1.77. The zero-order valence-corrected chi connectivity index (χ0v) is 15.1. The molecule has 0 fully saturated rings. The van der Waals surface area contributed by atoms with Crippen molar-refractivity contribution in [2.45, 2.75) is 18.8 Å². The molecular formula is C16H13F3N5O3P. The summed E-state index contributed by atoms with van der Waals surface area (Å²) in [5, 5.41) is 7.97. The Labute approximate surface area is 155 Å². The molecule has 0 aliphatic rings. The molecule has 0 saturated heterocycles. The van der Waals surface area contributed by atoms with E-state index in [0.717, 1.165) is 6.07 Å². The lowest BCUT2D eigenvalue weighted by Crippen LogP contribution is -2.11. The number of hydrogen-bond acceptors (Lipinski definition) is 4. The van der Waals surface area contributed by atoms with E-state index in [4.69, 9.17) is 0 Å². The highest BCUT2D eigenvalue weighted by Gasteiger charge is 2.35. The fraction of sp³-hybridized carbons (Fsp3) is 0.188. The van der Waals surface area contributed by atoms with E-state index < -0.39 is 25.0 Å². The van der Waals surface area contributed by atoms with Crippen LogP contribution in [0.1, 0.15) is 24.0 Å². The maximum atomic E-state index is 13.6. The summed E-state index contributed by atoms with van der Waals surface area (Å²) in [7, 11) is -4.54. The van der Waals surface area contributed by atoms with E-state index in [1.807, 2.05) is 0 Å². The van der Waals surface area contributed by atoms with Crippen molar-refractivity contribution < 1.29 is 27.5 Å². The first-order valence-electron chi connectivity index (χ1n) is 8.00. The lowest BCUT2D eigenvalue weighted by molar-refractivity contribution is -0.137. The molecule has 1 aromatic carbocycles. The topological polar surface area (TPSA) is 106 Å². The second-order valence-electron chi connectivity index (χ2n) is 6.25. The van der Waals surface area contributed by atoms with Crippen molar-refractivity contribution in [1.29, 1.82) is 0 Å². The Morgan fingerprint density at radius 2 is 1.93 bits per heavy atom. The van der Waals surface area contributed by atoms with Crippen LogP contribution < -0.4 is 0 Å². The van der Waals surface area contributed by atoms with Crippen LogP contribution in [0.25, 0.3) is 22.2 Å². The number of benzene rings is 1. The van der Waals surface area contributed by atoms with Crippen molar-refractivity contribution in [1.82, 2.24) is 24.1 Å². The van der Waals surface area contributed by atoms with Gasteiger partial charge in [-0.1, -0.05) is 0 Å². The van der Waals surface area contributed by atoms with Gasteiger partial charge in [0.2, 0.25) is 0 Å².